The van der Waals surface area contributed by atoms with Crippen molar-refractivity contribution in [3.05, 3.63) is 53.9 Å². The summed E-state index contributed by atoms with van der Waals surface area (Å²) < 4.78 is 2.12. The SMILES string of the molecule is CCn1nccc1C1CCNC1c1ccccc1. The zero-order valence-corrected chi connectivity index (χ0v) is 10.7. The molecule has 1 aliphatic heterocycles. The predicted octanol–water partition coefficient (Wildman–Crippen LogP) is 2.72. The Hall–Kier alpha value is -1.61. The van der Waals surface area contributed by atoms with Crippen LogP contribution in [0.25, 0.3) is 0 Å². The van der Waals surface area contributed by atoms with Crippen LogP contribution < -0.4 is 5.32 Å². The first-order chi connectivity index (χ1) is 8.90. The molecule has 0 radical (unpaired) electrons. The molecule has 18 heavy (non-hydrogen) atoms. The number of hydrogen-bond acceptors (Lipinski definition) is 2. The lowest BCUT2D eigenvalue weighted by Crippen LogP contribution is -2.18. The van der Waals surface area contributed by atoms with Gasteiger partial charge in [0.1, 0.15) is 0 Å². The number of nitrogens with one attached hydrogen (secondary N) is 1. The molecule has 3 nitrogen and oxygen atoms in total. The standard InChI is InChI=1S/C15H19N3/c1-2-18-14(9-11-17-18)13-8-10-16-15(13)12-6-4-3-5-7-12/h3-7,9,11,13,15-16H,2,8,10H2,1H3. The van der Waals surface area contributed by atoms with Crippen LogP contribution in [0.3, 0.4) is 0 Å². The van der Waals surface area contributed by atoms with E-state index in [1.807, 2.05) is 6.20 Å². The molecule has 2 aromatic rings. The molecule has 3 rings (SSSR count). The Kier molecular flexibility index (Phi) is 3.15. The minimum atomic E-state index is 0.424. The van der Waals surface area contributed by atoms with E-state index in [4.69, 9.17) is 0 Å². The summed E-state index contributed by atoms with van der Waals surface area (Å²) in [6.07, 6.45) is 3.10. The molecule has 1 aromatic carbocycles. The van der Waals surface area contributed by atoms with Crippen molar-refractivity contribution in [1.29, 1.82) is 0 Å². The molecule has 1 N–H and O–H groups in total. The van der Waals surface area contributed by atoms with E-state index in [2.05, 4.69) is 58.4 Å². The van der Waals surface area contributed by atoms with Crippen LogP contribution in [-0.4, -0.2) is 16.3 Å². The van der Waals surface area contributed by atoms with Crippen LogP contribution in [0.1, 0.15) is 36.6 Å². The molecular weight excluding hydrogens is 222 g/mol. The summed E-state index contributed by atoms with van der Waals surface area (Å²) in [4.78, 5) is 0. The van der Waals surface area contributed by atoms with Crippen LogP contribution >= 0.6 is 0 Å². The fourth-order valence-electron chi connectivity index (χ4n) is 2.95. The molecule has 0 aliphatic carbocycles. The van der Waals surface area contributed by atoms with Gasteiger partial charge in [-0.15, -0.1) is 0 Å². The summed E-state index contributed by atoms with van der Waals surface area (Å²) in [6.45, 7) is 4.18. The van der Waals surface area contributed by atoms with E-state index in [1.54, 1.807) is 0 Å². The van der Waals surface area contributed by atoms with Crippen molar-refractivity contribution in [1.82, 2.24) is 15.1 Å². The molecule has 1 saturated heterocycles. The number of nitrogens with zero attached hydrogens (tertiary/aromatic N) is 2. The molecule has 1 aromatic heterocycles. The minimum Gasteiger partial charge on any atom is -0.309 e. The molecule has 2 heterocycles. The average molecular weight is 241 g/mol. The molecule has 2 atom stereocenters. The second-order valence-corrected chi connectivity index (χ2v) is 4.81. The van der Waals surface area contributed by atoms with Gasteiger partial charge < -0.3 is 5.32 Å². The molecule has 3 heteroatoms. The number of aryl methyl sites for hydroxylation is 1. The first-order valence-corrected chi connectivity index (χ1v) is 6.70. The summed E-state index contributed by atoms with van der Waals surface area (Å²) >= 11 is 0. The molecule has 1 fully saturated rings. The van der Waals surface area contributed by atoms with Crippen LogP contribution in [0, 0.1) is 0 Å². The van der Waals surface area contributed by atoms with Gasteiger partial charge in [-0.25, -0.2) is 0 Å². The van der Waals surface area contributed by atoms with Crippen LogP contribution in [-0.2, 0) is 6.54 Å². The Morgan fingerprint density at radius 2 is 2.11 bits per heavy atom. The minimum absolute atomic E-state index is 0.424. The zero-order valence-electron chi connectivity index (χ0n) is 10.7. The lowest BCUT2D eigenvalue weighted by atomic mass is 9.91. The lowest BCUT2D eigenvalue weighted by Gasteiger charge is -2.20. The second kappa shape index (κ2) is 4.94. The number of aromatic nitrogens is 2. The quantitative estimate of drug-likeness (QED) is 0.895. The van der Waals surface area contributed by atoms with Gasteiger partial charge in [0.15, 0.2) is 0 Å². The van der Waals surface area contributed by atoms with Crippen molar-refractivity contribution in [3.8, 4) is 0 Å². The van der Waals surface area contributed by atoms with Crippen molar-refractivity contribution in [2.24, 2.45) is 0 Å². The van der Waals surface area contributed by atoms with Crippen LogP contribution in [0.4, 0.5) is 0 Å². The highest BCUT2D eigenvalue weighted by atomic mass is 15.3. The summed E-state index contributed by atoms with van der Waals surface area (Å²) in [5, 5.41) is 8.02. The smallest absolute Gasteiger partial charge is 0.0492 e. The average Bonchev–Trinajstić information content (AvgIpc) is 3.07. The molecule has 2 unspecified atom stereocenters. The number of hydrogen-bond donors (Lipinski definition) is 1. The third-order valence-corrected chi connectivity index (χ3v) is 3.81. The fourth-order valence-corrected chi connectivity index (χ4v) is 2.95. The fraction of sp³-hybridized carbons (Fsp3) is 0.400. The van der Waals surface area contributed by atoms with E-state index in [0.29, 0.717) is 12.0 Å². The Morgan fingerprint density at radius 1 is 1.28 bits per heavy atom. The second-order valence-electron chi connectivity index (χ2n) is 4.81. The van der Waals surface area contributed by atoms with Gasteiger partial charge >= 0.3 is 0 Å². The van der Waals surface area contributed by atoms with Gasteiger partial charge in [0, 0.05) is 30.4 Å². The lowest BCUT2D eigenvalue weighted by molar-refractivity contribution is 0.516. The van der Waals surface area contributed by atoms with Crippen molar-refractivity contribution >= 4 is 0 Å². The molecule has 0 spiro atoms. The van der Waals surface area contributed by atoms with Gasteiger partial charge in [0.2, 0.25) is 0 Å². The maximum Gasteiger partial charge on any atom is 0.0492 e. The van der Waals surface area contributed by atoms with E-state index in [1.165, 1.54) is 17.7 Å². The monoisotopic (exact) mass is 241 g/mol. The topological polar surface area (TPSA) is 29.9 Å². The Morgan fingerprint density at radius 3 is 2.89 bits per heavy atom. The van der Waals surface area contributed by atoms with Crippen molar-refractivity contribution in [2.75, 3.05) is 6.54 Å². The van der Waals surface area contributed by atoms with Crippen molar-refractivity contribution in [2.45, 2.75) is 31.8 Å². The molecule has 0 saturated carbocycles. The van der Waals surface area contributed by atoms with E-state index < -0.39 is 0 Å². The zero-order chi connectivity index (χ0) is 12.4. The third-order valence-electron chi connectivity index (χ3n) is 3.81. The van der Waals surface area contributed by atoms with Gasteiger partial charge in [-0.3, -0.25) is 4.68 Å². The summed E-state index contributed by atoms with van der Waals surface area (Å²) in [6, 6.07) is 13.3. The Labute approximate surface area is 108 Å². The third kappa shape index (κ3) is 1.95. The predicted molar refractivity (Wildman–Crippen MR) is 72.4 cm³/mol. The molecule has 94 valence electrons. The normalized spacial score (nSPS) is 23.4. The maximum absolute atomic E-state index is 4.40. The highest BCUT2D eigenvalue weighted by molar-refractivity contribution is 5.26. The Balaban J connectivity index is 1.92. The molecule has 0 amide bonds. The van der Waals surface area contributed by atoms with E-state index in [9.17, 15) is 0 Å². The largest absolute Gasteiger partial charge is 0.309 e. The molecule has 1 aliphatic rings. The molecule has 0 bridgehead atoms. The van der Waals surface area contributed by atoms with Crippen LogP contribution in [0.2, 0.25) is 0 Å². The number of rotatable bonds is 3. The van der Waals surface area contributed by atoms with Gasteiger partial charge in [0.25, 0.3) is 0 Å². The highest BCUT2D eigenvalue weighted by Gasteiger charge is 2.31. The van der Waals surface area contributed by atoms with Crippen molar-refractivity contribution in [3.63, 3.8) is 0 Å². The maximum atomic E-state index is 4.40. The van der Waals surface area contributed by atoms with Crippen molar-refractivity contribution < 1.29 is 0 Å². The van der Waals surface area contributed by atoms with Crippen LogP contribution in [0.15, 0.2) is 42.6 Å². The Bertz CT molecular complexity index is 503. The van der Waals surface area contributed by atoms with E-state index in [-0.39, 0.29) is 0 Å². The van der Waals surface area contributed by atoms with Gasteiger partial charge in [-0.1, -0.05) is 30.3 Å². The van der Waals surface area contributed by atoms with Gasteiger partial charge in [0.05, 0.1) is 0 Å². The first-order valence-electron chi connectivity index (χ1n) is 6.70. The molecular formula is C15H19N3. The van der Waals surface area contributed by atoms with Crippen LogP contribution in [0.5, 0.6) is 0 Å². The van der Waals surface area contributed by atoms with Gasteiger partial charge in [-0.05, 0) is 31.5 Å². The summed E-state index contributed by atoms with van der Waals surface area (Å²) in [5.74, 6) is 0.537. The summed E-state index contributed by atoms with van der Waals surface area (Å²) in [7, 11) is 0. The first kappa shape index (κ1) is 11.5. The van der Waals surface area contributed by atoms with Gasteiger partial charge in [-0.2, -0.15) is 5.10 Å². The summed E-state index contributed by atoms with van der Waals surface area (Å²) in [5.41, 5.74) is 2.74. The highest BCUT2D eigenvalue weighted by Crippen LogP contribution is 2.37. The van der Waals surface area contributed by atoms with E-state index in [0.717, 1.165) is 13.1 Å². The number of benzene rings is 1. The van der Waals surface area contributed by atoms with E-state index >= 15 is 0 Å².